The molecule has 1 heterocycles. The molecule has 6 heteroatoms. The van der Waals surface area contributed by atoms with Crippen LogP contribution in [0.4, 0.5) is 5.69 Å². The molecule has 0 saturated carbocycles. The van der Waals surface area contributed by atoms with Crippen LogP contribution < -0.4 is 9.64 Å². The molecule has 0 aromatic heterocycles. The van der Waals surface area contributed by atoms with Crippen molar-refractivity contribution in [3.63, 3.8) is 0 Å². The summed E-state index contributed by atoms with van der Waals surface area (Å²) in [6, 6.07) is 14.1. The Morgan fingerprint density at radius 2 is 1.58 bits per heavy atom. The number of nitrogens with zero attached hydrogens (tertiary/aromatic N) is 1. The first kappa shape index (κ1) is 20.6. The molecule has 0 saturated heterocycles. The number of aliphatic carboxylic acids is 1. The zero-order valence-corrected chi connectivity index (χ0v) is 17.6. The predicted molar refractivity (Wildman–Crippen MR) is 118 cm³/mol. The van der Waals surface area contributed by atoms with Crippen LogP contribution in [-0.2, 0) is 11.2 Å². The van der Waals surface area contributed by atoms with Crippen LogP contribution in [0, 0.1) is 0 Å². The summed E-state index contributed by atoms with van der Waals surface area (Å²) < 4.78 is 5.90. The summed E-state index contributed by atoms with van der Waals surface area (Å²) in [7, 11) is 0. The van der Waals surface area contributed by atoms with Crippen LogP contribution in [0.1, 0.15) is 58.5 Å². The van der Waals surface area contributed by atoms with E-state index in [1.54, 1.807) is 24.3 Å². The van der Waals surface area contributed by atoms with Crippen molar-refractivity contribution < 1.29 is 24.2 Å². The summed E-state index contributed by atoms with van der Waals surface area (Å²) in [5, 5.41) is 10.7. The van der Waals surface area contributed by atoms with Crippen LogP contribution in [0.5, 0.6) is 5.75 Å². The van der Waals surface area contributed by atoms with Crippen molar-refractivity contribution in [1.29, 1.82) is 0 Å². The highest BCUT2D eigenvalue weighted by molar-refractivity contribution is 6.37. The van der Waals surface area contributed by atoms with Gasteiger partial charge in [-0.3, -0.25) is 14.4 Å². The molecule has 0 atom stereocenters. The highest BCUT2D eigenvalue weighted by Crippen LogP contribution is 2.44. The van der Waals surface area contributed by atoms with Gasteiger partial charge in [0, 0.05) is 5.39 Å². The van der Waals surface area contributed by atoms with Gasteiger partial charge in [0.1, 0.15) is 5.75 Å². The van der Waals surface area contributed by atoms with Crippen LogP contribution >= 0.6 is 0 Å². The van der Waals surface area contributed by atoms with E-state index < -0.39 is 11.9 Å². The standard InChI is InChI=1S/C25H23NO5/c1-4-31-23-18-8-6-5-7-17(18)20(14(2)3)21-22(23)25(30)26(24(21)29)16-11-9-15(10-12-16)13-19(27)28/h5-12,14H,4,13H2,1-3H3,(H,27,28). The molecule has 0 fully saturated rings. The van der Waals surface area contributed by atoms with Gasteiger partial charge >= 0.3 is 5.97 Å². The van der Waals surface area contributed by atoms with Crippen LogP contribution in [0.25, 0.3) is 10.8 Å². The van der Waals surface area contributed by atoms with Crippen LogP contribution in [0.3, 0.4) is 0 Å². The average molecular weight is 417 g/mol. The Hall–Kier alpha value is -3.67. The van der Waals surface area contributed by atoms with Gasteiger partial charge in [-0.05, 0) is 41.5 Å². The maximum absolute atomic E-state index is 13.6. The number of carbonyl (C=O) groups excluding carboxylic acids is 2. The monoisotopic (exact) mass is 417 g/mol. The van der Waals surface area contributed by atoms with Crippen LogP contribution in [0.2, 0.25) is 0 Å². The second-order valence-corrected chi connectivity index (χ2v) is 7.81. The van der Waals surface area contributed by atoms with Gasteiger partial charge in [-0.2, -0.15) is 0 Å². The Morgan fingerprint density at radius 3 is 2.16 bits per heavy atom. The Kier molecular flexibility index (Phi) is 5.23. The maximum atomic E-state index is 13.6. The van der Waals surface area contributed by atoms with E-state index in [0.29, 0.717) is 34.7 Å². The van der Waals surface area contributed by atoms with E-state index in [9.17, 15) is 14.4 Å². The van der Waals surface area contributed by atoms with E-state index in [1.165, 1.54) is 0 Å². The highest BCUT2D eigenvalue weighted by atomic mass is 16.5. The lowest BCUT2D eigenvalue weighted by atomic mass is 9.88. The first-order chi connectivity index (χ1) is 14.8. The first-order valence-electron chi connectivity index (χ1n) is 10.3. The van der Waals surface area contributed by atoms with E-state index >= 15 is 0 Å². The Morgan fingerprint density at radius 1 is 0.968 bits per heavy atom. The van der Waals surface area contributed by atoms with Crippen LogP contribution in [0.15, 0.2) is 48.5 Å². The Labute approximate surface area is 180 Å². The molecule has 6 nitrogen and oxygen atoms in total. The van der Waals surface area contributed by atoms with Crippen molar-refractivity contribution in [2.75, 3.05) is 11.5 Å². The molecule has 0 bridgehead atoms. The van der Waals surface area contributed by atoms with Gasteiger partial charge in [-0.15, -0.1) is 0 Å². The number of anilines is 1. The smallest absolute Gasteiger partial charge is 0.307 e. The average Bonchev–Trinajstić information content (AvgIpc) is 2.98. The molecule has 31 heavy (non-hydrogen) atoms. The lowest BCUT2D eigenvalue weighted by molar-refractivity contribution is -0.136. The number of imide groups is 1. The lowest BCUT2D eigenvalue weighted by Gasteiger charge is -2.18. The molecule has 0 aliphatic carbocycles. The van der Waals surface area contributed by atoms with Crippen molar-refractivity contribution >= 4 is 34.2 Å². The number of amides is 2. The number of carbonyl (C=O) groups is 3. The molecule has 3 aromatic rings. The Balaban J connectivity index is 1.92. The number of benzene rings is 3. The minimum atomic E-state index is -0.942. The lowest BCUT2D eigenvalue weighted by Crippen LogP contribution is -2.29. The SMILES string of the molecule is CCOc1c2c(c(C(C)C)c3ccccc13)C(=O)N(c1ccc(CC(=O)O)cc1)C2=O. The van der Waals surface area contributed by atoms with E-state index in [0.717, 1.165) is 21.2 Å². The second kappa shape index (κ2) is 7.87. The highest BCUT2D eigenvalue weighted by Gasteiger charge is 2.43. The van der Waals surface area contributed by atoms with E-state index in [4.69, 9.17) is 9.84 Å². The minimum absolute atomic E-state index is 0.0176. The quantitative estimate of drug-likeness (QED) is 0.583. The number of carboxylic acids is 1. The molecule has 4 rings (SSSR count). The van der Waals surface area contributed by atoms with Crippen molar-refractivity contribution in [1.82, 2.24) is 0 Å². The van der Waals surface area contributed by atoms with Crippen molar-refractivity contribution in [2.45, 2.75) is 33.1 Å². The van der Waals surface area contributed by atoms with E-state index in [-0.39, 0.29) is 18.2 Å². The summed E-state index contributed by atoms with van der Waals surface area (Å²) in [6.07, 6.45) is -0.125. The number of rotatable bonds is 6. The molecular weight excluding hydrogens is 394 g/mol. The second-order valence-electron chi connectivity index (χ2n) is 7.81. The number of hydrogen-bond donors (Lipinski definition) is 1. The van der Waals surface area contributed by atoms with Crippen molar-refractivity contribution in [3.8, 4) is 5.75 Å². The zero-order valence-electron chi connectivity index (χ0n) is 17.6. The number of carboxylic acid groups (broad SMARTS) is 1. The van der Waals surface area contributed by atoms with Crippen LogP contribution in [-0.4, -0.2) is 29.5 Å². The fourth-order valence-electron chi connectivity index (χ4n) is 4.24. The predicted octanol–water partition coefficient (Wildman–Crippen LogP) is 4.79. The molecule has 3 aromatic carbocycles. The fourth-order valence-corrected chi connectivity index (χ4v) is 4.24. The molecule has 1 aliphatic heterocycles. The summed E-state index contributed by atoms with van der Waals surface area (Å²) in [5.41, 5.74) is 2.51. The summed E-state index contributed by atoms with van der Waals surface area (Å²) in [6.45, 7) is 6.22. The maximum Gasteiger partial charge on any atom is 0.307 e. The van der Waals surface area contributed by atoms with Crippen molar-refractivity contribution in [3.05, 3.63) is 70.8 Å². The summed E-state index contributed by atoms with van der Waals surface area (Å²) in [5.74, 6) is -1.31. The van der Waals surface area contributed by atoms with Gasteiger partial charge in [0.05, 0.1) is 29.8 Å². The number of fused-ring (bicyclic) bond motifs is 2. The van der Waals surface area contributed by atoms with E-state index in [1.807, 2.05) is 45.0 Å². The third kappa shape index (κ3) is 3.34. The summed E-state index contributed by atoms with van der Waals surface area (Å²) in [4.78, 5) is 39.2. The van der Waals surface area contributed by atoms with Gasteiger partial charge in [0.25, 0.3) is 11.8 Å². The van der Waals surface area contributed by atoms with Gasteiger partial charge in [0.2, 0.25) is 0 Å². The third-order valence-corrected chi connectivity index (χ3v) is 5.46. The molecule has 0 unspecified atom stereocenters. The molecule has 0 radical (unpaired) electrons. The van der Waals surface area contributed by atoms with Gasteiger partial charge in [0.15, 0.2) is 0 Å². The molecule has 1 aliphatic rings. The van der Waals surface area contributed by atoms with E-state index in [2.05, 4.69) is 0 Å². The van der Waals surface area contributed by atoms with Gasteiger partial charge < -0.3 is 9.84 Å². The topological polar surface area (TPSA) is 83.9 Å². The van der Waals surface area contributed by atoms with Gasteiger partial charge in [-0.1, -0.05) is 50.2 Å². The normalized spacial score (nSPS) is 13.2. The molecule has 0 spiro atoms. The Bertz CT molecular complexity index is 1210. The van der Waals surface area contributed by atoms with Gasteiger partial charge in [-0.25, -0.2) is 4.90 Å². The number of hydrogen-bond acceptors (Lipinski definition) is 4. The largest absolute Gasteiger partial charge is 0.492 e. The minimum Gasteiger partial charge on any atom is -0.492 e. The zero-order chi connectivity index (χ0) is 22.3. The fraction of sp³-hybridized carbons (Fsp3) is 0.240. The summed E-state index contributed by atoms with van der Waals surface area (Å²) >= 11 is 0. The van der Waals surface area contributed by atoms with Crippen molar-refractivity contribution in [2.24, 2.45) is 0 Å². The number of ether oxygens (including phenoxy) is 1. The molecule has 158 valence electrons. The molecular formula is C25H23NO5. The third-order valence-electron chi connectivity index (χ3n) is 5.46. The first-order valence-corrected chi connectivity index (χ1v) is 10.3. The molecule has 2 amide bonds. The molecule has 1 N–H and O–H groups in total.